The molecule has 0 bridgehead atoms. The SMILES string of the molecule is CCOC(=O)Cn1c(=NC(=O)c2cccc(NS(=O)(=O)c3ccc(C)cc3)c2)sc2cc(Br)ccc21. The third-order valence-electron chi connectivity index (χ3n) is 5.13. The first-order chi connectivity index (χ1) is 17.2. The Morgan fingerprint density at radius 2 is 1.83 bits per heavy atom. The molecule has 1 N–H and O–H groups in total. The van der Waals surface area contributed by atoms with Gasteiger partial charge in [-0.15, -0.1) is 0 Å². The van der Waals surface area contributed by atoms with E-state index in [0.717, 1.165) is 20.3 Å². The standard InChI is InChI=1S/C25H22BrN3O5S2/c1-3-34-23(30)15-29-21-12-9-18(26)14-22(21)35-25(29)27-24(31)17-5-4-6-19(13-17)28-36(32,33)20-10-7-16(2)8-11-20/h4-14,28H,3,15H2,1-2H3. The summed E-state index contributed by atoms with van der Waals surface area (Å²) < 4.78 is 36.4. The fourth-order valence-electron chi connectivity index (χ4n) is 3.42. The second kappa shape index (κ2) is 10.8. The van der Waals surface area contributed by atoms with Gasteiger partial charge in [0, 0.05) is 15.7 Å². The molecule has 0 fully saturated rings. The molecule has 0 saturated heterocycles. The van der Waals surface area contributed by atoms with Gasteiger partial charge in [-0.25, -0.2) is 8.42 Å². The molecule has 0 saturated carbocycles. The summed E-state index contributed by atoms with van der Waals surface area (Å²) in [6.07, 6.45) is 0. The molecule has 8 nitrogen and oxygen atoms in total. The van der Waals surface area contributed by atoms with Crippen LogP contribution >= 0.6 is 27.3 Å². The fourth-order valence-corrected chi connectivity index (χ4v) is 6.05. The molecule has 3 aromatic carbocycles. The van der Waals surface area contributed by atoms with Gasteiger partial charge in [0.25, 0.3) is 15.9 Å². The number of anilines is 1. The van der Waals surface area contributed by atoms with Crippen molar-refractivity contribution in [2.45, 2.75) is 25.3 Å². The fraction of sp³-hybridized carbons (Fsp3) is 0.160. The van der Waals surface area contributed by atoms with E-state index in [1.807, 2.05) is 25.1 Å². The van der Waals surface area contributed by atoms with Crippen LogP contribution in [0.25, 0.3) is 10.2 Å². The summed E-state index contributed by atoms with van der Waals surface area (Å²) in [5, 5.41) is 0. The van der Waals surface area contributed by atoms with Gasteiger partial charge in [0.05, 0.1) is 21.7 Å². The van der Waals surface area contributed by atoms with E-state index >= 15 is 0 Å². The molecule has 1 aromatic heterocycles. The van der Waals surface area contributed by atoms with E-state index in [9.17, 15) is 18.0 Å². The monoisotopic (exact) mass is 587 g/mol. The summed E-state index contributed by atoms with van der Waals surface area (Å²) >= 11 is 4.69. The van der Waals surface area contributed by atoms with Crippen LogP contribution in [0.4, 0.5) is 5.69 Å². The number of sulfonamides is 1. The first kappa shape index (κ1) is 25.8. The van der Waals surface area contributed by atoms with Gasteiger partial charge in [0.2, 0.25) is 0 Å². The number of thiazole rings is 1. The predicted octanol–water partition coefficient (Wildman–Crippen LogP) is 4.88. The highest BCUT2D eigenvalue weighted by Crippen LogP contribution is 2.23. The Hall–Kier alpha value is -3.28. The highest BCUT2D eigenvalue weighted by atomic mass is 79.9. The first-order valence-electron chi connectivity index (χ1n) is 10.9. The molecule has 0 radical (unpaired) electrons. The molecular weight excluding hydrogens is 566 g/mol. The number of nitrogens with zero attached hydrogens (tertiary/aromatic N) is 2. The lowest BCUT2D eigenvalue weighted by atomic mass is 10.2. The van der Waals surface area contributed by atoms with Crippen LogP contribution in [-0.4, -0.2) is 31.5 Å². The number of halogens is 1. The van der Waals surface area contributed by atoms with E-state index in [2.05, 4.69) is 25.6 Å². The van der Waals surface area contributed by atoms with Crippen molar-refractivity contribution in [1.29, 1.82) is 0 Å². The summed E-state index contributed by atoms with van der Waals surface area (Å²) in [5.41, 5.74) is 2.11. The number of ether oxygens (including phenoxy) is 1. The average molecular weight is 589 g/mol. The van der Waals surface area contributed by atoms with E-state index < -0.39 is 21.9 Å². The van der Waals surface area contributed by atoms with Crippen molar-refractivity contribution < 1.29 is 22.7 Å². The smallest absolute Gasteiger partial charge is 0.326 e. The van der Waals surface area contributed by atoms with Crippen molar-refractivity contribution >= 4 is 65.1 Å². The van der Waals surface area contributed by atoms with Gasteiger partial charge in [-0.05, 0) is 62.4 Å². The minimum absolute atomic E-state index is 0.0992. The minimum Gasteiger partial charge on any atom is -0.465 e. The van der Waals surface area contributed by atoms with Gasteiger partial charge in [0.15, 0.2) is 4.80 Å². The largest absolute Gasteiger partial charge is 0.465 e. The molecule has 0 aliphatic carbocycles. The molecule has 0 aliphatic rings. The van der Waals surface area contributed by atoms with Crippen LogP contribution in [0.2, 0.25) is 0 Å². The maximum Gasteiger partial charge on any atom is 0.326 e. The molecule has 1 heterocycles. The highest BCUT2D eigenvalue weighted by molar-refractivity contribution is 9.10. The van der Waals surface area contributed by atoms with Gasteiger partial charge >= 0.3 is 5.97 Å². The molecule has 0 atom stereocenters. The van der Waals surface area contributed by atoms with Crippen molar-refractivity contribution in [1.82, 2.24) is 4.57 Å². The minimum atomic E-state index is -3.83. The molecule has 0 aliphatic heterocycles. The number of amides is 1. The van der Waals surface area contributed by atoms with Gasteiger partial charge in [-0.2, -0.15) is 4.99 Å². The van der Waals surface area contributed by atoms with Crippen molar-refractivity contribution in [2.75, 3.05) is 11.3 Å². The van der Waals surface area contributed by atoms with Gasteiger partial charge in [-0.3, -0.25) is 14.3 Å². The zero-order valence-electron chi connectivity index (χ0n) is 19.4. The average Bonchev–Trinajstić information content (AvgIpc) is 3.15. The van der Waals surface area contributed by atoms with E-state index in [-0.39, 0.29) is 29.3 Å². The number of esters is 1. The Bertz CT molecular complexity index is 1620. The highest BCUT2D eigenvalue weighted by Gasteiger charge is 2.16. The molecule has 186 valence electrons. The predicted molar refractivity (Wildman–Crippen MR) is 142 cm³/mol. The Kier molecular flexibility index (Phi) is 7.72. The zero-order chi connectivity index (χ0) is 25.9. The van der Waals surface area contributed by atoms with E-state index in [4.69, 9.17) is 4.74 Å². The number of hydrogen-bond donors (Lipinski definition) is 1. The summed E-state index contributed by atoms with van der Waals surface area (Å²) in [6, 6.07) is 18.1. The van der Waals surface area contributed by atoms with Gasteiger partial charge < -0.3 is 9.30 Å². The van der Waals surface area contributed by atoms with Crippen molar-refractivity contribution in [3.05, 3.63) is 87.1 Å². The lowest BCUT2D eigenvalue weighted by Crippen LogP contribution is -2.23. The number of carbonyl (C=O) groups is 2. The van der Waals surface area contributed by atoms with Crippen molar-refractivity contribution in [3.8, 4) is 0 Å². The number of hydrogen-bond acceptors (Lipinski definition) is 6. The lowest BCUT2D eigenvalue weighted by molar-refractivity contribution is -0.143. The molecule has 1 amide bonds. The number of rotatable bonds is 7. The Morgan fingerprint density at radius 3 is 2.56 bits per heavy atom. The molecule has 4 aromatic rings. The first-order valence-corrected chi connectivity index (χ1v) is 14.0. The normalized spacial score (nSPS) is 12.0. The summed E-state index contributed by atoms with van der Waals surface area (Å²) in [4.78, 5) is 30.0. The number of fused-ring (bicyclic) bond motifs is 1. The summed E-state index contributed by atoms with van der Waals surface area (Å²) in [7, 11) is -3.83. The molecule has 11 heteroatoms. The van der Waals surface area contributed by atoms with Crippen LogP contribution in [-0.2, 0) is 26.1 Å². The summed E-state index contributed by atoms with van der Waals surface area (Å²) in [6.45, 7) is 3.73. The van der Waals surface area contributed by atoms with Crippen LogP contribution in [0.15, 0.2) is 81.1 Å². The third-order valence-corrected chi connectivity index (χ3v) is 8.06. The van der Waals surface area contributed by atoms with Crippen LogP contribution in [0, 0.1) is 6.92 Å². The van der Waals surface area contributed by atoms with Crippen molar-refractivity contribution in [2.24, 2.45) is 4.99 Å². The van der Waals surface area contributed by atoms with E-state index in [1.54, 1.807) is 41.8 Å². The second-order valence-corrected chi connectivity index (χ2v) is 11.4. The zero-order valence-corrected chi connectivity index (χ0v) is 22.6. The molecule has 0 unspecified atom stereocenters. The Balaban J connectivity index is 1.68. The maximum absolute atomic E-state index is 13.1. The number of nitrogens with one attached hydrogen (secondary N) is 1. The quantitative estimate of drug-likeness (QED) is 0.310. The molecular formula is C25H22BrN3O5S2. The van der Waals surface area contributed by atoms with Gasteiger partial charge in [0.1, 0.15) is 6.54 Å². The van der Waals surface area contributed by atoms with Gasteiger partial charge in [-0.1, -0.05) is 51.0 Å². The number of aromatic nitrogens is 1. The van der Waals surface area contributed by atoms with Crippen LogP contribution in [0.1, 0.15) is 22.8 Å². The number of aryl methyl sites for hydroxylation is 1. The summed E-state index contributed by atoms with van der Waals surface area (Å²) in [5.74, 6) is -1.02. The van der Waals surface area contributed by atoms with Crippen LogP contribution in [0.5, 0.6) is 0 Å². The Morgan fingerprint density at radius 1 is 1.08 bits per heavy atom. The number of carbonyl (C=O) groups excluding carboxylic acids is 2. The molecule has 4 rings (SSSR count). The lowest BCUT2D eigenvalue weighted by Gasteiger charge is -2.09. The molecule has 0 spiro atoms. The maximum atomic E-state index is 13.1. The Labute approximate surface area is 220 Å². The van der Waals surface area contributed by atoms with E-state index in [1.165, 1.54) is 29.5 Å². The topological polar surface area (TPSA) is 107 Å². The number of benzene rings is 3. The van der Waals surface area contributed by atoms with Crippen molar-refractivity contribution in [3.63, 3.8) is 0 Å². The molecule has 36 heavy (non-hydrogen) atoms. The van der Waals surface area contributed by atoms with Crippen LogP contribution in [0.3, 0.4) is 0 Å². The third kappa shape index (κ3) is 5.92. The van der Waals surface area contributed by atoms with Crippen LogP contribution < -0.4 is 9.52 Å². The van der Waals surface area contributed by atoms with E-state index in [0.29, 0.717) is 4.80 Å². The second-order valence-electron chi connectivity index (χ2n) is 7.80.